The van der Waals surface area contributed by atoms with Gasteiger partial charge in [-0.05, 0) is 63.2 Å². The molecular formula is C32H35F2N7O2. The summed E-state index contributed by atoms with van der Waals surface area (Å²) in [5.74, 6) is -2.04. The zero-order valence-electron chi connectivity index (χ0n) is 24.4. The molecule has 6 rings (SSSR count). The molecule has 3 aromatic rings. The number of amides is 1. The fourth-order valence-electron chi connectivity index (χ4n) is 6.63. The summed E-state index contributed by atoms with van der Waals surface area (Å²) >= 11 is 0. The van der Waals surface area contributed by atoms with Crippen molar-refractivity contribution >= 4 is 22.6 Å². The topological polar surface area (TPSA) is 98.5 Å². The molecule has 2 aliphatic heterocycles. The Hall–Kier alpha value is -4.17. The Bertz CT molecular complexity index is 1610. The van der Waals surface area contributed by atoms with Crippen LogP contribution < -0.4 is 9.64 Å². The lowest BCUT2D eigenvalue weighted by atomic mass is 9.87. The third-order valence-corrected chi connectivity index (χ3v) is 8.97. The highest BCUT2D eigenvalue weighted by molar-refractivity contribution is 5.93. The van der Waals surface area contributed by atoms with E-state index in [9.17, 15) is 14.4 Å². The van der Waals surface area contributed by atoms with Crippen molar-refractivity contribution in [2.45, 2.75) is 57.0 Å². The molecule has 1 aliphatic carbocycles. The predicted molar refractivity (Wildman–Crippen MR) is 159 cm³/mol. The molecule has 0 unspecified atom stereocenters. The normalized spacial score (nSPS) is 20.6. The SMILES string of the molecule is C=C(F)C(=O)N1CCN(c2nc(OC[C@@H]3CCCN3C)nc3c(F)c(-c4cccc5c4CCCC5)ncc23)C[C@@H]1CC#N. The number of aromatic nitrogens is 3. The first kappa shape index (κ1) is 28.9. The third-order valence-electron chi connectivity index (χ3n) is 8.97. The Morgan fingerprint density at radius 2 is 2.00 bits per heavy atom. The summed E-state index contributed by atoms with van der Waals surface area (Å²) in [6, 6.07) is 7.72. The molecule has 4 heterocycles. The number of halogens is 2. The molecule has 3 aliphatic rings. The van der Waals surface area contributed by atoms with E-state index in [2.05, 4.69) is 33.6 Å². The summed E-state index contributed by atoms with van der Waals surface area (Å²) in [7, 11) is 2.05. The van der Waals surface area contributed by atoms with Gasteiger partial charge >= 0.3 is 6.01 Å². The lowest BCUT2D eigenvalue weighted by molar-refractivity contribution is -0.131. The monoisotopic (exact) mass is 587 g/mol. The second-order valence-corrected chi connectivity index (χ2v) is 11.6. The van der Waals surface area contributed by atoms with Crippen molar-refractivity contribution in [2.75, 3.05) is 44.7 Å². The van der Waals surface area contributed by atoms with Gasteiger partial charge in [0, 0.05) is 37.4 Å². The van der Waals surface area contributed by atoms with Crippen LogP contribution in [0.3, 0.4) is 0 Å². The smallest absolute Gasteiger partial charge is 0.319 e. The van der Waals surface area contributed by atoms with Crippen LogP contribution in [0.5, 0.6) is 6.01 Å². The molecule has 0 radical (unpaired) electrons. The summed E-state index contributed by atoms with van der Waals surface area (Å²) in [4.78, 5) is 31.8. The van der Waals surface area contributed by atoms with Crippen LogP contribution in [-0.4, -0.2) is 82.6 Å². The molecular weight excluding hydrogens is 552 g/mol. The maximum absolute atomic E-state index is 16.5. The number of likely N-dealkylation sites (N-methyl/N-ethyl adjacent to an activating group) is 1. The van der Waals surface area contributed by atoms with E-state index in [1.165, 1.54) is 10.5 Å². The van der Waals surface area contributed by atoms with E-state index in [-0.39, 0.29) is 49.3 Å². The van der Waals surface area contributed by atoms with Crippen molar-refractivity contribution in [3.8, 4) is 23.3 Å². The number of pyridine rings is 1. The number of carbonyl (C=O) groups excluding carboxylic acids is 1. The summed E-state index contributed by atoms with van der Waals surface area (Å²) in [5, 5.41) is 9.86. The zero-order chi connectivity index (χ0) is 30.1. The number of hydrogen-bond donors (Lipinski definition) is 0. The van der Waals surface area contributed by atoms with Crippen molar-refractivity contribution in [2.24, 2.45) is 0 Å². The van der Waals surface area contributed by atoms with Crippen LogP contribution in [0.2, 0.25) is 0 Å². The quantitative estimate of drug-likeness (QED) is 0.370. The van der Waals surface area contributed by atoms with Crippen molar-refractivity contribution in [3.05, 3.63) is 53.7 Å². The zero-order valence-corrected chi connectivity index (χ0v) is 24.4. The second kappa shape index (κ2) is 12.2. The number of anilines is 1. The largest absolute Gasteiger partial charge is 0.462 e. The number of fused-ring (bicyclic) bond motifs is 2. The van der Waals surface area contributed by atoms with E-state index in [4.69, 9.17) is 9.72 Å². The van der Waals surface area contributed by atoms with Gasteiger partial charge in [0.25, 0.3) is 5.91 Å². The van der Waals surface area contributed by atoms with Crippen LogP contribution in [0.25, 0.3) is 22.2 Å². The summed E-state index contributed by atoms with van der Waals surface area (Å²) in [6.45, 7) is 5.11. The van der Waals surface area contributed by atoms with Crippen LogP contribution >= 0.6 is 0 Å². The molecule has 2 aromatic heterocycles. The lowest BCUT2D eigenvalue weighted by Crippen LogP contribution is -2.55. The maximum Gasteiger partial charge on any atom is 0.319 e. The van der Waals surface area contributed by atoms with Gasteiger partial charge in [0.05, 0.1) is 23.9 Å². The Kier molecular flexibility index (Phi) is 8.21. The standard InChI is InChI=1S/C32H35F2N7O2/c1-20(33)31(42)41-16-15-40(18-22(41)12-13-35)30-26-17-36-28(25-11-5-8-21-7-3-4-10-24(21)25)27(34)29(26)37-32(38-30)43-19-23-9-6-14-39(23)2/h5,8,11,17,22-23H,1,3-4,6-7,9-10,12,14-16,18-19H2,2H3/t22-,23-/m0/s1. The Morgan fingerprint density at radius 3 is 2.77 bits per heavy atom. The minimum Gasteiger partial charge on any atom is -0.462 e. The van der Waals surface area contributed by atoms with Crippen molar-refractivity contribution in [3.63, 3.8) is 0 Å². The molecule has 1 amide bonds. The molecule has 2 fully saturated rings. The van der Waals surface area contributed by atoms with Gasteiger partial charge in [-0.15, -0.1) is 0 Å². The van der Waals surface area contributed by atoms with Gasteiger partial charge < -0.3 is 19.4 Å². The fourth-order valence-corrected chi connectivity index (χ4v) is 6.63. The number of likely N-dealkylation sites (tertiary alicyclic amines) is 1. The van der Waals surface area contributed by atoms with Crippen LogP contribution in [-0.2, 0) is 17.6 Å². The Balaban J connectivity index is 1.42. The summed E-state index contributed by atoms with van der Waals surface area (Å²) < 4.78 is 36.4. The van der Waals surface area contributed by atoms with Gasteiger partial charge in [0.15, 0.2) is 11.6 Å². The van der Waals surface area contributed by atoms with Gasteiger partial charge in [-0.25, -0.2) is 8.78 Å². The molecule has 43 heavy (non-hydrogen) atoms. The molecule has 0 spiro atoms. The van der Waals surface area contributed by atoms with E-state index in [1.807, 2.05) is 24.1 Å². The van der Waals surface area contributed by atoms with E-state index in [0.29, 0.717) is 17.8 Å². The van der Waals surface area contributed by atoms with E-state index < -0.39 is 23.6 Å². The first-order valence-corrected chi connectivity index (χ1v) is 14.9. The highest BCUT2D eigenvalue weighted by atomic mass is 19.1. The molecule has 0 bridgehead atoms. The first-order valence-electron chi connectivity index (χ1n) is 14.9. The van der Waals surface area contributed by atoms with E-state index in [0.717, 1.165) is 56.2 Å². The number of hydrogen-bond acceptors (Lipinski definition) is 8. The van der Waals surface area contributed by atoms with Crippen molar-refractivity contribution in [1.29, 1.82) is 5.26 Å². The number of nitrogens with zero attached hydrogens (tertiary/aromatic N) is 7. The number of rotatable bonds is 7. The minimum atomic E-state index is -1.07. The Morgan fingerprint density at radius 1 is 1.16 bits per heavy atom. The van der Waals surface area contributed by atoms with Gasteiger partial charge in [0.2, 0.25) is 0 Å². The van der Waals surface area contributed by atoms with Gasteiger partial charge in [-0.2, -0.15) is 15.2 Å². The number of benzene rings is 1. The van der Waals surface area contributed by atoms with Crippen LogP contribution in [0.15, 0.2) is 36.8 Å². The highest BCUT2D eigenvalue weighted by Gasteiger charge is 2.34. The molecule has 11 heteroatoms. The molecule has 0 saturated carbocycles. The molecule has 2 atom stereocenters. The Labute approximate surface area is 249 Å². The van der Waals surface area contributed by atoms with Gasteiger partial charge in [0.1, 0.15) is 23.6 Å². The summed E-state index contributed by atoms with van der Waals surface area (Å²) in [5.41, 5.74) is 3.48. The van der Waals surface area contributed by atoms with Crippen molar-refractivity contribution < 1.29 is 18.3 Å². The van der Waals surface area contributed by atoms with Crippen molar-refractivity contribution in [1.82, 2.24) is 24.8 Å². The second-order valence-electron chi connectivity index (χ2n) is 11.6. The third kappa shape index (κ3) is 5.64. The number of ether oxygens (including phenoxy) is 1. The van der Waals surface area contributed by atoms with Gasteiger partial charge in [-0.1, -0.05) is 24.8 Å². The van der Waals surface area contributed by atoms with E-state index in [1.54, 1.807) is 6.20 Å². The lowest BCUT2D eigenvalue weighted by Gasteiger charge is -2.41. The number of piperazine rings is 1. The number of nitriles is 1. The van der Waals surface area contributed by atoms with Gasteiger partial charge in [-0.3, -0.25) is 9.78 Å². The molecule has 0 N–H and O–H groups in total. The van der Waals surface area contributed by atoms with E-state index >= 15 is 4.39 Å². The predicted octanol–water partition coefficient (Wildman–Crippen LogP) is 4.60. The average Bonchev–Trinajstić information content (AvgIpc) is 3.44. The molecule has 224 valence electrons. The average molecular weight is 588 g/mol. The van der Waals surface area contributed by atoms with Crippen LogP contribution in [0, 0.1) is 17.1 Å². The fraction of sp³-hybridized carbons (Fsp3) is 0.469. The summed E-state index contributed by atoms with van der Waals surface area (Å²) in [6.07, 6.45) is 7.66. The minimum absolute atomic E-state index is 0.00815. The highest BCUT2D eigenvalue weighted by Crippen LogP contribution is 2.36. The number of carbonyl (C=O) groups is 1. The first-order chi connectivity index (χ1) is 20.9. The molecule has 2 saturated heterocycles. The molecule has 1 aromatic carbocycles. The van der Waals surface area contributed by atoms with Crippen LogP contribution in [0.4, 0.5) is 14.6 Å². The maximum atomic E-state index is 16.5. The molecule has 9 nitrogen and oxygen atoms in total. The van der Waals surface area contributed by atoms with Crippen LogP contribution in [0.1, 0.15) is 43.2 Å². The number of aryl methyl sites for hydroxylation is 1.